The van der Waals surface area contributed by atoms with Crippen LogP contribution in [0.2, 0.25) is 5.02 Å². The maximum absolute atomic E-state index is 12.2. The standard InChI is InChI=1S/C14H10BrClINO/c1-8-7-9(17)5-6-12(8)18-14(19)10-3-2-4-11(15)13(10)16/h2-7H,1H3,(H,18,19). The van der Waals surface area contributed by atoms with E-state index >= 15 is 0 Å². The quantitative estimate of drug-likeness (QED) is 0.621. The van der Waals surface area contributed by atoms with Crippen molar-refractivity contribution in [2.45, 2.75) is 6.92 Å². The molecule has 0 aromatic heterocycles. The maximum atomic E-state index is 12.2. The average Bonchev–Trinajstić information content (AvgIpc) is 2.36. The molecular weight excluding hydrogens is 440 g/mol. The predicted octanol–water partition coefficient (Wildman–Crippen LogP) is 5.27. The molecule has 0 aliphatic carbocycles. The van der Waals surface area contributed by atoms with E-state index in [4.69, 9.17) is 11.6 Å². The van der Waals surface area contributed by atoms with Crippen molar-refractivity contribution in [1.82, 2.24) is 0 Å². The van der Waals surface area contributed by atoms with Crippen molar-refractivity contribution in [2.75, 3.05) is 5.32 Å². The van der Waals surface area contributed by atoms with E-state index in [1.807, 2.05) is 25.1 Å². The van der Waals surface area contributed by atoms with Crippen molar-refractivity contribution in [2.24, 2.45) is 0 Å². The van der Waals surface area contributed by atoms with Crippen LogP contribution in [0, 0.1) is 10.5 Å². The Kier molecular flexibility index (Phi) is 4.86. The zero-order valence-electron chi connectivity index (χ0n) is 10.0. The van der Waals surface area contributed by atoms with Gasteiger partial charge in [-0.2, -0.15) is 0 Å². The first-order valence-corrected chi connectivity index (χ1v) is 7.75. The van der Waals surface area contributed by atoms with Gasteiger partial charge in [-0.3, -0.25) is 4.79 Å². The third-order valence-corrected chi connectivity index (χ3v) is 4.60. The highest BCUT2D eigenvalue weighted by atomic mass is 127. The lowest BCUT2D eigenvalue weighted by Crippen LogP contribution is -2.13. The van der Waals surface area contributed by atoms with Crippen LogP contribution in [-0.2, 0) is 0 Å². The Labute approximate surface area is 138 Å². The molecule has 0 aliphatic rings. The van der Waals surface area contributed by atoms with E-state index in [-0.39, 0.29) is 5.91 Å². The molecule has 0 aliphatic heterocycles. The summed E-state index contributed by atoms with van der Waals surface area (Å²) in [5, 5.41) is 3.29. The van der Waals surface area contributed by atoms with Gasteiger partial charge in [-0.15, -0.1) is 0 Å². The van der Waals surface area contributed by atoms with Gasteiger partial charge in [0.25, 0.3) is 5.91 Å². The molecule has 0 fully saturated rings. The van der Waals surface area contributed by atoms with E-state index in [0.717, 1.165) is 14.8 Å². The minimum absolute atomic E-state index is 0.212. The van der Waals surface area contributed by atoms with Crippen LogP contribution in [-0.4, -0.2) is 5.91 Å². The first-order chi connectivity index (χ1) is 8.99. The number of rotatable bonds is 2. The van der Waals surface area contributed by atoms with Crippen molar-refractivity contribution >= 4 is 61.7 Å². The molecule has 2 aromatic carbocycles. The lowest BCUT2D eigenvalue weighted by atomic mass is 10.1. The van der Waals surface area contributed by atoms with Gasteiger partial charge in [-0.25, -0.2) is 0 Å². The van der Waals surface area contributed by atoms with Crippen molar-refractivity contribution in [1.29, 1.82) is 0 Å². The Bertz CT molecular complexity index is 645. The third-order valence-electron chi connectivity index (χ3n) is 2.63. The molecule has 2 rings (SSSR count). The Morgan fingerprint density at radius 3 is 2.74 bits per heavy atom. The van der Waals surface area contributed by atoms with Crippen LogP contribution >= 0.6 is 50.1 Å². The Morgan fingerprint density at radius 1 is 1.32 bits per heavy atom. The zero-order chi connectivity index (χ0) is 14.0. The maximum Gasteiger partial charge on any atom is 0.257 e. The number of carbonyl (C=O) groups is 1. The molecule has 0 unspecified atom stereocenters. The van der Waals surface area contributed by atoms with Crippen LogP contribution in [0.5, 0.6) is 0 Å². The van der Waals surface area contributed by atoms with Crippen LogP contribution < -0.4 is 5.32 Å². The third kappa shape index (κ3) is 3.49. The number of halogens is 3. The summed E-state index contributed by atoms with van der Waals surface area (Å²) < 4.78 is 1.84. The van der Waals surface area contributed by atoms with Gasteiger partial charge in [0, 0.05) is 13.7 Å². The number of nitrogens with one attached hydrogen (secondary N) is 1. The van der Waals surface area contributed by atoms with Crippen molar-refractivity contribution in [3.8, 4) is 0 Å². The molecule has 5 heteroatoms. The van der Waals surface area contributed by atoms with E-state index < -0.39 is 0 Å². The molecule has 19 heavy (non-hydrogen) atoms. The SMILES string of the molecule is Cc1cc(I)ccc1NC(=O)c1cccc(Br)c1Cl. The van der Waals surface area contributed by atoms with Crippen LogP contribution in [0.15, 0.2) is 40.9 Å². The highest BCUT2D eigenvalue weighted by Gasteiger charge is 2.13. The predicted molar refractivity (Wildman–Crippen MR) is 91.0 cm³/mol. The summed E-state index contributed by atoms with van der Waals surface area (Å²) in [5.74, 6) is -0.212. The molecule has 0 spiro atoms. The molecule has 2 aromatic rings. The van der Waals surface area contributed by atoms with Gasteiger partial charge in [0.1, 0.15) is 0 Å². The summed E-state index contributed by atoms with van der Waals surface area (Å²) in [7, 11) is 0. The van der Waals surface area contributed by atoms with Gasteiger partial charge in [0.15, 0.2) is 0 Å². The number of carbonyl (C=O) groups excluding carboxylic acids is 1. The second-order valence-corrected chi connectivity index (χ2v) is 6.49. The fourth-order valence-corrected chi connectivity index (χ4v) is 2.86. The van der Waals surface area contributed by atoms with Gasteiger partial charge < -0.3 is 5.32 Å². The lowest BCUT2D eigenvalue weighted by molar-refractivity contribution is 0.102. The number of hydrogen-bond donors (Lipinski definition) is 1. The van der Waals surface area contributed by atoms with Gasteiger partial charge >= 0.3 is 0 Å². The van der Waals surface area contributed by atoms with Crippen LogP contribution in [0.4, 0.5) is 5.69 Å². The molecule has 0 bridgehead atoms. The molecular formula is C14H10BrClINO. The normalized spacial score (nSPS) is 10.3. The van der Waals surface area contributed by atoms with Crippen LogP contribution in [0.3, 0.4) is 0 Å². The van der Waals surface area contributed by atoms with Crippen LogP contribution in [0.1, 0.15) is 15.9 Å². The largest absolute Gasteiger partial charge is 0.322 e. The second-order valence-electron chi connectivity index (χ2n) is 4.01. The van der Waals surface area contributed by atoms with Crippen LogP contribution in [0.25, 0.3) is 0 Å². The molecule has 0 atom stereocenters. The number of amides is 1. The van der Waals surface area contributed by atoms with E-state index in [1.54, 1.807) is 18.2 Å². The first-order valence-electron chi connectivity index (χ1n) is 5.50. The fourth-order valence-electron chi connectivity index (χ4n) is 1.64. The van der Waals surface area contributed by atoms with Crippen molar-refractivity contribution in [3.63, 3.8) is 0 Å². The summed E-state index contributed by atoms with van der Waals surface area (Å²) in [6.45, 7) is 1.96. The highest BCUT2D eigenvalue weighted by molar-refractivity contribution is 14.1. The van der Waals surface area contributed by atoms with E-state index in [9.17, 15) is 4.79 Å². The molecule has 2 nitrogen and oxygen atoms in total. The average molecular weight is 451 g/mol. The van der Waals surface area contributed by atoms with Gasteiger partial charge in [0.2, 0.25) is 0 Å². The number of benzene rings is 2. The monoisotopic (exact) mass is 449 g/mol. The molecule has 0 radical (unpaired) electrons. The minimum Gasteiger partial charge on any atom is -0.322 e. The van der Waals surface area contributed by atoms with Gasteiger partial charge in [-0.1, -0.05) is 17.7 Å². The van der Waals surface area contributed by atoms with Gasteiger partial charge in [0.05, 0.1) is 10.6 Å². The first kappa shape index (κ1) is 14.8. The summed E-state index contributed by atoms with van der Waals surface area (Å²) in [4.78, 5) is 12.2. The fraction of sp³-hybridized carbons (Fsp3) is 0.0714. The van der Waals surface area contributed by atoms with E-state index in [0.29, 0.717) is 15.1 Å². The topological polar surface area (TPSA) is 29.1 Å². The molecule has 1 amide bonds. The number of aryl methyl sites for hydroxylation is 1. The molecule has 0 saturated carbocycles. The Balaban J connectivity index is 2.28. The van der Waals surface area contributed by atoms with E-state index in [1.165, 1.54) is 0 Å². The molecule has 0 saturated heterocycles. The summed E-state index contributed by atoms with van der Waals surface area (Å²) >= 11 is 11.7. The summed E-state index contributed by atoms with van der Waals surface area (Å²) in [5.41, 5.74) is 2.27. The highest BCUT2D eigenvalue weighted by Crippen LogP contribution is 2.27. The zero-order valence-corrected chi connectivity index (χ0v) is 14.5. The molecule has 1 N–H and O–H groups in total. The summed E-state index contributed by atoms with van der Waals surface area (Å²) in [6.07, 6.45) is 0. The number of anilines is 1. The summed E-state index contributed by atoms with van der Waals surface area (Å²) in [6, 6.07) is 11.1. The number of hydrogen-bond acceptors (Lipinski definition) is 1. The van der Waals surface area contributed by atoms with E-state index in [2.05, 4.69) is 43.8 Å². The van der Waals surface area contributed by atoms with Crippen molar-refractivity contribution < 1.29 is 4.79 Å². The molecule has 98 valence electrons. The lowest BCUT2D eigenvalue weighted by Gasteiger charge is -2.10. The Morgan fingerprint density at radius 2 is 2.05 bits per heavy atom. The molecule has 0 heterocycles. The smallest absolute Gasteiger partial charge is 0.257 e. The van der Waals surface area contributed by atoms with Gasteiger partial charge in [-0.05, 0) is 81.3 Å². The minimum atomic E-state index is -0.212. The second kappa shape index (κ2) is 6.24. The Hall–Kier alpha value is -0.590. The van der Waals surface area contributed by atoms with Crippen molar-refractivity contribution in [3.05, 3.63) is 60.6 Å².